The van der Waals surface area contributed by atoms with Crippen LogP contribution in [0.3, 0.4) is 0 Å². The van der Waals surface area contributed by atoms with Crippen LogP contribution >= 0.6 is 0 Å². The summed E-state index contributed by atoms with van der Waals surface area (Å²) in [4.78, 5) is 25.7. The van der Waals surface area contributed by atoms with Crippen molar-refractivity contribution in [2.75, 3.05) is 13.6 Å². The molecule has 1 heterocycles. The van der Waals surface area contributed by atoms with E-state index >= 15 is 0 Å². The van der Waals surface area contributed by atoms with E-state index in [1.807, 2.05) is 12.1 Å². The van der Waals surface area contributed by atoms with Crippen molar-refractivity contribution in [2.45, 2.75) is 32.7 Å². The van der Waals surface area contributed by atoms with E-state index in [0.29, 0.717) is 17.9 Å². The molecule has 0 atom stereocenters. The maximum atomic E-state index is 12.1. The zero-order valence-electron chi connectivity index (χ0n) is 14.6. The number of hydrogen-bond acceptors (Lipinski definition) is 3. The predicted octanol–water partition coefficient (Wildman–Crippen LogP) is 2.97. The number of likely N-dealkylation sites (N-methyl/N-ethyl adjacent to an activating group) is 1. The molecule has 1 aromatic heterocycles. The highest BCUT2D eigenvalue weighted by Crippen LogP contribution is 2.22. The highest BCUT2D eigenvalue weighted by Gasteiger charge is 2.15. The van der Waals surface area contributed by atoms with E-state index in [4.69, 9.17) is 4.42 Å². The lowest BCUT2D eigenvalue weighted by Crippen LogP contribution is -2.37. The van der Waals surface area contributed by atoms with Crippen molar-refractivity contribution in [1.29, 1.82) is 0 Å². The van der Waals surface area contributed by atoms with E-state index in [1.165, 1.54) is 4.90 Å². The first-order valence-electron chi connectivity index (χ1n) is 7.92. The third-order valence-electron chi connectivity index (χ3n) is 3.81. The average molecular weight is 328 g/mol. The monoisotopic (exact) mass is 328 g/mol. The van der Waals surface area contributed by atoms with Crippen LogP contribution in [0.2, 0.25) is 0 Å². The lowest BCUT2D eigenvalue weighted by molar-refractivity contribution is -0.129. The fourth-order valence-electron chi connectivity index (χ4n) is 2.24. The minimum Gasteiger partial charge on any atom is -0.467 e. The molecular formula is C19H24N2O3. The molecule has 1 aromatic carbocycles. The molecule has 0 bridgehead atoms. The third kappa shape index (κ3) is 4.72. The number of nitrogens with one attached hydrogen (secondary N) is 1. The lowest BCUT2D eigenvalue weighted by Gasteiger charge is -2.19. The Morgan fingerprint density at radius 1 is 1.12 bits per heavy atom. The average Bonchev–Trinajstić information content (AvgIpc) is 3.04. The van der Waals surface area contributed by atoms with Gasteiger partial charge in [0.25, 0.3) is 5.91 Å². The van der Waals surface area contributed by atoms with Gasteiger partial charge in [0.05, 0.1) is 19.4 Å². The smallest absolute Gasteiger partial charge is 0.251 e. The summed E-state index contributed by atoms with van der Waals surface area (Å²) in [6.07, 6.45) is 1.57. The van der Waals surface area contributed by atoms with Crippen LogP contribution in [0.1, 0.15) is 42.5 Å². The minimum atomic E-state index is -0.254. The molecule has 2 amide bonds. The topological polar surface area (TPSA) is 62.6 Å². The predicted molar refractivity (Wildman–Crippen MR) is 92.7 cm³/mol. The van der Waals surface area contributed by atoms with Crippen molar-refractivity contribution < 1.29 is 14.0 Å². The first-order chi connectivity index (χ1) is 11.3. The Labute approximate surface area is 142 Å². The zero-order valence-corrected chi connectivity index (χ0v) is 14.6. The van der Waals surface area contributed by atoms with Crippen LogP contribution in [0.15, 0.2) is 47.1 Å². The summed E-state index contributed by atoms with van der Waals surface area (Å²) in [5.41, 5.74) is 1.75. The van der Waals surface area contributed by atoms with Gasteiger partial charge < -0.3 is 14.6 Å². The minimum absolute atomic E-state index is 0.0412. The van der Waals surface area contributed by atoms with E-state index in [9.17, 15) is 9.59 Å². The summed E-state index contributed by atoms with van der Waals surface area (Å²) in [6, 6.07) is 11.0. The Morgan fingerprint density at radius 2 is 1.79 bits per heavy atom. The summed E-state index contributed by atoms with van der Waals surface area (Å²) >= 11 is 0. The molecule has 0 spiro atoms. The van der Waals surface area contributed by atoms with E-state index in [0.717, 1.165) is 5.56 Å². The Hall–Kier alpha value is -2.56. The van der Waals surface area contributed by atoms with Crippen LogP contribution in [0.4, 0.5) is 0 Å². The first kappa shape index (κ1) is 17.8. The van der Waals surface area contributed by atoms with Crippen molar-refractivity contribution in [1.82, 2.24) is 10.2 Å². The molecule has 0 aliphatic rings. The molecule has 5 nitrogen and oxygen atoms in total. The molecule has 0 aliphatic carbocycles. The molecule has 0 aliphatic heterocycles. The summed E-state index contributed by atoms with van der Waals surface area (Å²) < 4.78 is 5.21. The van der Waals surface area contributed by atoms with Gasteiger partial charge in [0.1, 0.15) is 5.76 Å². The Bertz CT molecular complexity index is 682. The van der Waals surface area contributed by atoms with E-state index in [1.54, 1.807) is 37.6 Å². The van der Waals surface area contributed by atoms with Crippen molar-refractivity contribution in [3.05, 3.63) is 59.5 Å². The van der Waals surface area contributed by atoms with Gasteiger partial charge in [-0.15, -0.1) is 0 Å². The van der Waals surface area contributed by atoms with Crippen molar-refractivity contribution in [3.63, 3.8) is 0 Å². The van der Waals surface area contributed by atoms with Gasteiger partial charge in [0.2, 0.25) is 5.91 Å². The van der Waals surface area contributed by atoms with Gasteiger partial charge in [-0.2, -0.15) is 0 Å². The molecule has 0 unspecified atom stereocenters. The van der Waals surface area contributed by atoms with E-state index < -0.39 is 0 Å². The number of nitrogens with zero attached hydrogens (tertiary/aromatic N) is 1. The van der Waals surface area contributed by atoms with Crippen LogP contribution in [0.5, 0.6) is 0 Å². The Kier molecular flexibility index (Phi) is 5.44. The van der Waals surface area contributed by atoms with Crippen LogP contribution < -0.4 is 5.32 Å². The molecule has 24 heavy (non-hydrogen) atoms. The van der Waals surface area contributed by atoms with Crippen molar-refractivity contribution in [2.24, 2.45) is 0 Å². The molecule has 1 N–H and O–H groups in total. The van der Waals surface area contributed by atoms with Crippen LogP contribution in [0.25, 0.3) is 0 Å². The lowest BCUT2D eigenvalue weighted by atomic mass is 9.87. The Balaban J connectivity index is 1.87. The largest absolute Gasteiger partial charge is 0.467 e. The number of carbonyl (C=O) groups excluding carboxylic acids is 2. The molecule has 2 aromatic rings. The SMILES string of the molecule is CN(Cc1ccco1)C(=O)CNC(=O)c1ccc(C(C)(C)C)cc1. The second-order valence-corrected chi connectivity index (χ2v) is 6.84. The van der Waals surface area contributed by atoms with E-state index in [-0.39, 0.29) is 23.8 Å². The van der Waals surface area contributed by atoms with Crippen molar-refractivity contribution in [3.8, 4) is 0 Å². The van der Waals surface area contributed by atoms with Gasteiger partial charge in [-0.25, -0.2) is 0 Å². The number of furan rings is 1. The second kappa shape index (κ2) is 7.34. The summed E-state index contributed by atoms with van der Waals surface area (Å²) in [7, 11) is 1.68. The standard InChI is InChI=1S/C19H24N2O3/c1-19(2,3)15-9-7-14(8-10-15)18(23)20-12-17(22)21(4)13-16-6-5-11-24-16/h5-11H,12-13H2,1-4H3,(H,20,23). The molecule has 0 fully saturated rings. The number of amides is 2. The van der Waals surface area contributed by atoms with Crippen molar-refractivity contribution >= 4 is 11.8 Å². The van der Waals surface area contributed by atoms with Crippen LogP contribution in [-0.2, 0) is 16.8 Å². The third-order valence-corrected chi connectivity index (χ3v) is 3.81. The van der Waals surface area contributed by atoms with Gasteiger partial charge in [-0.05, 0) is 35.2 Å². The molecule has 5 heteroatoms. The van der Waals surface area contributed by atoms with Gasteiger partial charge in [-0.3, -0.25) is 9.59 Å². The molecule has 128 valence electrons. The molecule has 2 rings (SSSR count). The maximum Gasteiger partial charge on any atom is 0.251 e. The molecule has 0 radical (unpaired) electrons. The summed E-state index contributed by atoms with van der Waals surface area (Å²) in [5, 5.41) is 2.66. The Morgan fingerprint density at radius 3 is 2.33 bits per heavy atom. The fraction of sp³-hybridized carbons (Fsp3) is 0.368. The fourth-order valence-corrected chi connectivity index (χ4v) is 2.24. The first-order valence-corrected chi connectivity index (χ1v) is 7.92. The molecule has 0 saturated carbocycles. The zero-order chi connectivity index (χ0) is 17.7. The van der Waals surface area contributed by atoms with Gasteiger partial charge in [-0.1, -0.05) is 32.9 Å². The van der Waals surface area contributed by atoms with Gasteiger partial charge in [0, 0.05) is 12.6 Å². The summed E-state index contributed by atoms with van der Waals surface area (Å²) in [5.74, 6) is 0.274. The van der Waals surface area contributed by atoms with Gasteiger partial charge in [0.15, 0.2) is 0 Å². The molecular weight excluding hydrogens is 304 g/mol. The quantitative estimate of drug-likeness (QED) is 0.918. The normalized spacial score (nSPS) is 11.2. The maximum absolute atomic E-state index is 12.1. The van der Waals surface area contributed by atoms with Crippen LogP contribution in [0, 0.1) is 0 Å². The van der Waals surface area contributed by atoms with Gasteiger partial charge >= 0.3 is 0 Å². The number of benzene rings is 1. The number of hydrogen-bond donors (Lipinski definition) is 1. The molecule has 0 saturated heterocycles. The van der Waals surface area contributed by atoms with Crippen LogP contribution in [-0.4, -0.2) is 30.3 Å². The second-order valence-electron chi connectivity index (χ2n) is 6.84. The summed E-state index contributed by atoms with van der Waals surface area (Å²) in [6.45, 7) is 6.69. The number of carbonyl (C=O) groups is 2. The highest BCUT2D eigenvalue weighted by molar-refractivity contribution is 5.96. The van der Waals surface area contributed by atoms with E-state index in [2.05, 4.69) is 26.1 Å². The number of rotatable bonds is 5. The highest BCUT2D eigenvalue weighted by atomic mass is 16.3.